The molecule has 0 N–H and O–H groups in total. The van der Waals surface area contributed by atoms with Crippen LogP contribution in [0.4, 0.5) is 0 Å². The highest BCUT2D eigenvalue weighted by Gasteiger charge is 2.23. The summed E-state index contributed by atoms with van der Waals surface area (Å²) in [6.07, 6.45) is 1.86. The van der Waals surface area contributed by atoms with Crippen LogP contribution >= 0.6 is 11.3 Å². The molecule has 7 aromatic carbocycles. The molecule has 4 nitrogen and oxygen atoms in total. The van der Waals surface area contributed by atoms with Gasteiger partial charge in [0.1, 0.15) is 5.82 Å². The molecule has 55 heavy (non-hydrogen) atoms. The Bertz CT molecular complexity index is 3000. The van der Waals surface area contributed by atoms with Gasteiger partial charge in [-0.1, -0.05) is 153 Å². The van der Waals surface area contributed by atoms with E-state index < -0.39 is 0 Å². The molecule has 0 unspecified atom stereocenters. The molecule has 0 radical (unpaired) electrons. The highest BCUT2D eigenvalue weighted by Crippen LogP contribution is 2.42. The Balaban J connectivity index is 1.09. The van der Waals surface area contributed by atoms with Gasteiger partial charge in [0.25, 0.3) is 0 Å². The van der Waals surface area contributed by atoms with Crippen molar-refractivity contribution in [2.45, 2.75) is 19.8 Å². The van der Waals surface area contributed by atoms with Crippen LogP contribution in [0.5, 0.6) is 0 Å². The Labute approximate surface area is 324 Å². The lowest BCUT2D eigenvalue weighted by molar-refractivity contribution is 0.754. The van der Waals surface area contributed by atoms with Gasteiger partial charge < -0.3 is 0 Å². The first-order valence-electron chi connectivity index (χ1n) is 18.7. The SMILES string of the molecule is CC(C)c1nc(-c2ccccc2)c(-c2ccccc2)n1-c1ccc2c(c1)sc1ccc(-c3cccc4c(-c5ccnc(-c6ccccc6)n5)cccc34)cc12. The molecule has 0 aliphatic rings. The lowest BCUT2D eigenvalue weighted by atomic mass is 9.94. The van der Waals surface area contributed by atoms with Gasteiger partial charge in [0.15, 0.2) is 5.82 Å². The quantitative estimate of drug-likeness (QED) is 0.164. The number of aromatic nitrogens is 4. The number of benzene rings is 7. The minimum Gasteiger partial charge on any atom is -0.295 e. The maximum absolute atomic E-state index is 5.33. The van der Waals surface area contributed by atoms with Gasteiger partial charge in [-0.05, 0) is 52.2 Å². The Morgan fingerprint density at radius 1 is 0.491 bits per heavy atom. The lowest BCUT2D eigenvalue weighted by Crippen LogP contribution is -2.04. The van der Waals surface area contributed by atoms with Crippen LogP contribution in [0.25, 0.3) is 92.9 Å². The van der Waals surface area contributed by atoms with Crippen LogP contribution < -0.4 is 0 Å². The fraction of sp³-hybridized carbons (Fsp3) is 0.0600. The summed E-state index contributed by atoms with van der Waals surface area (Å²) in [5.41, 5.74) is 10.9. The Kier molecular flexibility index (Phi) is 8.15. The molecule has 262 valence electrons. The third kappa shape index (κ3) is 5.81. The number of thiophene rings is 1. The Morgan fingerprint density at radius 3 is 1.89 bits per heavy atom. The van der Waals surface area contributed by atoms with Crippen LogP contribution in [0.15, 0.2) is 176 Å². The van der Waals surface area contributed by atoms with E-state index in [-0.39, 0.29) is 5.92 Å². The second kappa shape index (κ2) is 13.6. The molecule has 5 heteroatoms. The zero-order valence-corrected chi connectivity index (χ0v) is 31.3. The van der Waals surface area contributed by atoms with Gasteiger partial charge in [-0.2, -0.15) is 0 Å². The summed E-state index contributed by atoms with van der Waals surface area (Å²) >= 11 is 1.85. The number of hydrogen-bond donors (Lipinski definition) is 0. The molecule has 10 aromatic rings. The molecule has 0 aliphatic heterocycles. The lowest BCUT2D eigenvalue weighted by Gasteiger charge is -2.15. The number of nitrogens with zero attached hydrogens (tertiary/aromatic N) is 4. The summed E-state index contributed by atoms with van der Waals surface area (Å²) in [6, 6.07) is 60.4. The molecule has 0 aliphatic carbocycles. The molecular formula is C50H36N4S. The normalized spacial score (nSPS) is 11.6. The average Bonchev–Trinajstić information content (AvgIpc) is 3.83. The first-order valence-corrected chi connectivity index (χ1v) is 19.5. The summed E-state index contributed by atoms with van der Waals surface area (Å²) < 4.78 is 4.91. The third-order valence-electron chi connectivity index (χ3n) is 10.4. The van der Waals surface area contributed by atoms with Crippen molar-refractivity contribution in [2.75, 3.05) is 0 Å². The van der Waals surface area contributed by atoms with Crippen LogP contribution in [0, 0.1) is 0 Å². The van der Waals surface area contributed by atoms with Crippen molar-refractivity contribution in [3.8, 4) is 62.0 Å². The third-order valence-corrected chi connectivity index (χ3v) is 11.6. The van der Waals surface area contributed by atoms with Crippen molar-refractivity contribution in [1.82, 2.24) is 19.5 Å². The molecular weight excluding hydrogens is 689 g/mol. The fourth-order valence-corrected chi connectivity index (χ4v) is 8.96. The van der Waals surface area contributed by atoms with Crippen LogP contribution in [-0.4, -0.2) is 19.5 Å². The van der Waals surface area contributed by atoms with E-state index in [1.807, 2.05) is 41.8 Å². The number of rotatable bonds is 7. The van der Waals surface area contributed by atoms with E-state index in [4.69, 9.17) is 9.97 Å². The van der Waals surface area contributed by atoms with Gasteiger partial charge in [-0.3, -0.25) is 4.57 Å². The van der Waals surface area contributed by atoms with E-state index in [9.17, 15) is 0 Å². The van der Waals surface area contributed by atoms with E-state index in [0.717, 1.165) is 56.7 Å². The Hall–Kier alpha value is -6.69. The van der Waals surface area contributed by atoms with E-state index in [2.05, 4.69) is 169 Å². The summed E-state index contributed by atoms with van der Waals surface area (Å²) in [7, 11) is 0. The van der Waals surface area contributed by atoms with Gasteiger partial charge in [0, 0.05) is 60.2 Å². The van der Waals surface area contributed by atoms with Crippen LogP contribution in [-0.2, 0) is 0 Å². The van der Waals surface area contributed by atoms with E-state index in [0.29, 0.717) is 0 Å². The summed E-state index contributed by atoms with van der Waals surface area (Å²) in [4.78, 5) is 14.9. The van der Waals surface area contributed by atoms with E-state index in [1.165, 1.54) is 42.1 Å². The smallest absolute Gasteiger partial charge is 0.159 e. The van der Waals surface area contributed by atoms with Gasteiger partial charge >= 0.3 is 0 Å². The molecule has 3 aromatic heterocycles. The van der Waals surface area contributed by atoms with Crippen LogP contribution in [0.1, 0.15) is 25.6 Å². The fourth-order valence-electron chi connectivity index (χ4n) is 7.84. The molecule has 0 bridgehead atoms. The molecule has 0 amide bonds. The largest absolute Gasteiger partial charge is 0.295 e. The maximum Gasteiger partial charge on any atom is 0.159 e. The molecule has 0 saturated heterocycles. The predicted octanol–water partition coefficient (Wildman–Crippen LogP) is 13.6. The van der Waals surface area contributed by atoms with E-state index in [1.54, 1.807) is 0 Å². The number of imidazole rings is 1. The van der Waals surface area contributed by atoms with Gasteiger partial charge in [0.2, 0.25) is 0 Å². The van der Waals surface area contributed by atoms with Crippen molar-refractivity contribution < 1.29 is 0 Å². The van der Waals surface area contributed by atoms with Gasteiger partial charge in [0.05, 0.1) is 17.1 Å². The minimum atomic E-state index is 0.224. The second-order valence-electron chi connectivity index (χ2n) is 14.2. The topological polar surface area (TPSA) is 43.6 Å². The van der Waals surface area contributed by atoms with Crippen molar-refractivity contribution in [2.24, 2.45) is 0 Å². The molecule has 0 saturated carbocycles. The van der Waals surface area contributed by atoms with Gasteiger partial charge in [-0.25, -0.2) is 15.0 Å². The summed E-state index contributed by atoms with van der Waals surface area (Å²) in [5, 5.41) is 4.90. The highest BCUT2D eigenvalue weighted by molar-refractivity contribution is 7.25. The second-order valence-corrected chi connectivity index (χ2v) is 15.3. The molecule has 0 spiro atoms. The Morgan fingerprint density at radius 2 is 1.16 bits per heavy atom. The average molecular weight is 725 g/mol. The molecule has 3 heterocycles. The van der Waals surface area contributed by atoms with Crippen LogP contribution in [0.2, 0.25) is 0 Å². The first-order chi connectivity index (χ1) is 27.1. The minimum absolute atomic E-state index is 0.224. The molecule has 0 fully saturated rings. The summed E-state index contributed by atoms with van der Waals surface area (Å²) in [5.74, 6) is 2.00. The van der Waals surface area contributed by atoms with Crippen LogP contribution in [0.3, 0.4) is 0 Å². The van der Waals surface area contributed by atoms with Crippen molar-refractivity contribution in [3.05, 3.63) is 182 Å². The molecule has 10 rings (SSSR count). The zero-order chi connectivity index (χ0) is 36.9. The monoisotopic (exact) mass is 724 g/mol. The number of fused-ring (bicyclic) bond motifs is 4. The predicted molar refractivity (Wildman–Crippen MR) is 231 cm³/mol. The maximum atomic E-state index is 5.33. The van der Waals surface area contributed by atoms with Crippen molar-refractivity contribution in [3.63, 3.8) is 0 Å². The van der Waals surface area contributed by atoms with Gasteiger partial charge in [-0.15, -0.1) is 11.3 Å². The highest BCUT2D eigenvalue weighted by atomic mass is 32.1. The zero-order valence-electron chi connectivity index (χ0n) is 30.5. The standard InChI is InChI=1S/C50H36N4S/c1-32(2)50-53-47(33-14-6-3-7-15-33)48(34-16-8-4-9-17-34)54(50)37-25-26-42-43-30-36(24-27-45(43)55-46(42)31-37)38-20-12-22-40-39(38)21-13-23-41(40)44-28-29-51-49(52-44)35-18-10-5-11-19-35/h3-32H,1-2H3. The van der Waals surface area contributed by atoms with Crippen molar-refractivity contribution >= 4 is 42.3 Å². The first kappa shape index (κ1) is 32.9. The summed E-state index contributed by atoms with van der Waals surface area (Å²) in [6.45, 7) is 4.46. The van der Waals surface area contributed by atoms with Crippen molar-refractivity contribution in [1.29, 1.82) is 0 Å². The van der Waals surface area contributed by atoms with E-state index >= 15 is 0 Å². The molecule has 0 atom stereocenters. The number of hydrogen-bond acceptors (Lipinski definition) is 4.